The minimum atomic E-state index is 0.461. The predicted molar refractivity (Wildman–Crippen MR) is 83.1 cm³/mol. The van der Waals surface area contributed by atoms with Crippen molar-refractivity contribution in [3.8, 4) is 0 Å². The summed E-state index contributed by atoms with van der Waals surface area (Å²) >= 11 is 7.03. The van der Waals surface area contributed by atoms with Gasteiger partial charge in [-0.15, -0.1) is 0 Å². The Morgan fingerprint density at radius 3 is 2.47 bits per heavy atom. The van der Waals surface area contributed by atoms with E-state index in [1.807, 2.05) is 0 Å². The molecule has 17 heavy (non-hydrogen) atoms. The summed E-state index contributed by atoms with van der Waals surface area (Å²) in [5.41, 5.74) is 1.48. The molecule has 0 aromatic heterocycles. The minimum Gasteiger partial charge on any atom is -0.0765 e. The van der Waals surface area contributed by atoms with Crippen LogP contribution >= 0.6 is 31.9 Å². The van der Waals surface area contributed by atoms with Crippen molar-refractivity contribution in [1.29, 1.82) is 0 Å². The summed E-state index contributed by atoms with van der Waals surface area (Å²) in [5.74, 6) is 0. The molecule has 0 saturated carbocycles. The Morgan fingerprint density at radius 2 is 1.65 bits per heavy atom. The smallest absolute Gasteiger partial charge is 0.0697 e. The third kappa shape index (κ3) is 3.82. The summed E-state index contributed by atoms with van der Waals surface area (Å²) < 4.78 is 0.461. The van der Waals surface area contributed by atoms with E-state index in [1.54, 1.807) is 0 Å². The molecule has 0 spiro atoms. The molecule has 2 heteroatoms. The van der Waals surface area contributed by atoms with Crippen LogP contribution in [0.15, 0.2) is 42.5 Å². The molecule has 0 nitrogen and oxygen atoms in total. The average Bonchev–Trinajstić information content (AvgIpc) is 2.34. The van der Waals surface area contributed by atoms with Crippen LogP contribution in [0.25, 0.3) is 10.8 Å². The maximum Gasteiger partial charge on any atom is 0.0697 e. The van der Waals surface area contributed by atoms with Gasteiger partial charge in [-0.2, -0.15) is 0 Å². The highest BCUT2D eigenvalue weighted by molar-refractivity contribution is 9.24. The first-order valence-electron chi connectivity index (χ1n) is 6.02. The number of hydrogen-bond acceptors (Lipinski definition) is 0. The molecule has 0 aliphatic rings. The highest BCUT2D eigenvalue weighted by Gasteiger charge is 2.01. The molecule has 0 atom stereocenters. The lowest BCUT2D eigenvalue weighted by molar-refractivity contribution is 0.719. The molecule has 0 saturated heterocycles. The van der Waals surface area contributed by atoms with Gasteiger partial charge < -0.3 is 0 Å². The number of rotatable bonds is 5. The molecule has 0 fully saturated rings. The topological polar surface area (TPSA) is 0 Å². The van der Waals surface area contributed by atoms with Gasteiger partial charge in [0, 0.05) is 0 Å². The molecule has 2 aromatic carbocycles. The molecule has 0 amide bonds. The van der Waals surface area contributed by atoms with E-state index in [0.717, 1.165) is 0 Å². The van der Waals surface area contributed by atoms with E-state index in [-0.39, 0.29) is 0 Å². The van der Waals surface area contributed by atoms with Crippen molar-refractivity contribution >= 4 is 42.6 Å². The van der Waals surface area contributed by atoms with Gasteiger partial charge in [0.2, 0.25) is 0 Å². The Balaban J connectivity index is 2.03. The van der Waals surface area contributed by atoms with E-state index in [9.17, 15) is 0 Å². The number of hydrogen-bond donors (Lipinski definition) is 0. The van der Waals surface area contributed by atoms with Gasteiger partial charge in [0.25, 0.3) is 0 Å². The first kappa shape index (κ1) is 13.1. The first-order valence-corrected chi connectivity index (χ1v) is 7.85. The Labute approximate surface area is 120 Å². The van der Waals surface area contributed by atoms with Gasteiger partial charge in [-0.25, -0.2) is 0 Å². The van der Waals surface area contributed by atoms with E-state index in [4.69, 9.17) is 0 Å². The summed E-state index contributed by atoms with van der Waals surface area (Å²) in [6.07, 6.45) is 4.87. The Kier molecular flexibility index (Phi) is 5.05. The standard InChI is InChI=1S/C15H16Br2/c16-15(17)11-4-2-7-13-9-5-8-12-6-1-3-10-14(12)13/h1,3,5-6,8-10,15H,2,4,7,11H2. The number of unbranched alkanes of at least 4 members (excludes halogenated alkanes) is 1. The molecule has 0 unspecified atom stereocenters. The molecular formula is C15H16Br2. The van der Waals surface area contributed by atoms with Gasteiger partial charge in [-0.05, 0) is 35.6 Å². The maximum atomic E-state index is 3.52. The fraction of sp³-hybridized carbons (Fsp3) is 0.333. The lowest BCUT2D eigenvalue weighted by atomic mass is 10.00. The van der Waals surface area contributed by atoms with Crippen LogP contribution in [-0.2, 0) is 6.42 Å². The molecule has 0 bridgehead atoms. The Morgan fingerprint density at radius 1 is 0.882 bits per heavy atom. The third-order valence-electron chi connectivity index (χ3n) is 3.00. The van der Waals surface area contributed by atoms with Crippen LogP contribution in [0.2, 0.25) is 0 Å². The van der Waals surface area contributed by atoms with E-state index in [0.29, 0.717) is 3.74 Å². The quantitative estimate of drug-likeness (QED) is 0.479. The molecule has 2 rings (SSSR count). The molecule has 90 valence electrons. The lowest BCUT2D eigenvalue weighted by Crippen LogP contribution is -1.90. The van der Waals surface area contributed by atoms with Crippen molar-refractivity contribution in [1.82, 2.24) is 0 Å². The first-order chi connectivity index (χ1) is 8.27. The SMILES string of the molecule is BrC(Br)CCCCc1cccc2ccccc12. The summed E-state index contributed by atoms with van der Waals surface area (Å²) in [6.45, 7) is 0. The average molecular weight is 356 g/mol. The zero-order valence-corrected chi connectivity index (χ0v) is 12.9. The lowest BCUT2D eigenvalue weighted by Gasteiger charge is -2.06. The van der Waals surface area contributed by atoms with Crippen molar-refractivity contribution in [3.63, 3.8) is 0 Å². The normalized spacial score (nSPS) is 11.2. The maximum absolute atomic E-state index is 3.52. The number of fused-ring (bicyclic) bond motifs is 1. The fourth-order valence-corrected chi connectivity index (χ4v) is 2.77. The van der Waals surface area contributed by atoms with Crippen LogP contribution in [-0.4, -0.2) is 3.74 Å². The number of aryl methyl sites for hydroxylation is 1. The molecule has 0 N–H and O–H groups in total. The number of halogens is 2. The van der Waals surface area contributed by atoms with Crippen LogP contribution in [0.3, 0.4) is 0 Å². The highest BCUT2D eigenvalue weighted by atomic mass is 79.9. The van der Waals surface area contributed by atoms with E-state index < -0.39 is 0 Å². The number of alkyl halides is 2. The summed E-state index contributed by atoms with van der Waals surface area (Å²) in [4.78, 5) is 0. The largest absolute Gasteiger partial charge is 0.0765 e. The predicted octanol–water partition coefficient (Wildman–Crippen LogP) is 5.67. The van der Waals surface area contributed by atoms with Gasteiger partial charge in [0.1, 0.15) is 0 Å². The second-order valence-corrected chi connectivity index (χ2v) is 7.71. The van der Waals surface area contributed by atoms with E-state index in [1.165, 1.54) is 42.0 Å². The van der Waals surface area contributed by atoms with E-state index in [2.05, 4.69) is 74.3 Å². The molecule has 0 heterocycles. The second-order valence-electron chi connectivity index (χ2n) is 4.28. The third-order valence-corrected chi connectivity index (χ3v) is 3.91. The van der Waals surface area contributed by atoms with Crippen LogP contribution in [0, 0.1) is 0 Å². The molecule has 2 aromatic rings. The van der Waals surface area contributed by atoms with Crippen molar-refractivity contribution in [2.75, 3.05) is 0 Å². The van der Waals surface area contributed by atoms with Crippen LogP contribution < -0.4 is 0 Å². The zero-order valence-electron chi connectivity index (χ0n) is 9.70. The summed E-state index contributed by atoms with van der Waals surface area (Å²) in [5, 5.41) is 2.76. The minimum absolute atomic E-state index is 0.461. The Hall–Kier alpha value is -0.340. The van der Waals surface area contributed by atoms with E-state index >= 15 is 0 Å². The highest BCUT2D eigenvalue weighted by Crippen LogP contribution is 2.21. The van der Waals surface area contributed by atoms with Crippen molar-refractivity contribution < 1.29 is 0 Å². The number of benzene rings is 2. The molecule has 0 aliphatic heterocycles. The second kappa shape index (κ2) is 6.55. The van der Waals surface area contributed by atoms with Gasteiger partial charge in [-0.1, -0.05) is 80.7 Å². The molecule has 0 radical (unpaired) electrons. The summed E-state index contributed by atoms with van der Waals surface area (Å²) in [6, 6.07) is 15.2. The van der Waals surface area contributed by atoms with Gasteiger partial charge in [0.15, 0.2) is 0 Å². The molecular weight excluding hydrogens is 340 g/mol. The van der Waals surface area contributed by atoms with Crippen LogP contribution in [0.1, 0.15) is 24.8 Å². The van der Waals surface area contributed by atoms with Crippen LogP contribution in [0.4, 0.5) is 0 Å². The summed E-state index contributed by atoms with van der Waals surface area (Å²) in [7, 11) is 0. The van der Waals surface area contributed by atoms with Gasteiger partial charge >= 0.3 is 0 Å². The van der Waals surface area contributed by atoms with Gasteiger partial charge in [-0.3, -0.25) is 0 Å². The van der Waals surface area contributed by atoms with Crippen LogP contribution in [0.5, 0.6) is 0 Å². The van der Waals surface area contributed by atoms with Crippen molar-refractivity contribution in [3.05, 3.63) is 48.0 Å². The fourth-order valence-electron chi connectivity index (χ4n) is 2.12. The van der Waals surface area contributed by atoms with Crippen molar-refractivity contribution in [2.24, 2.45) is 0 Å². The Bertz CT molecular complexity index is 472. The van der Waals surface area contributed by atoms with Crippen molar-refractivity contribution in [2.45, 2.75) is 29.4 Å². The zero-order chi connectivity index (χ0) is 12.1. The molecule has 0 aliphatic carbocycles. The monoisotopic (exact) mass is 354 g/mol. The van der Waals surface area contributed by atoms with Gasteiger partial charge in [0.05, 0.1) is 3.74 Å².